The molecule has 2 aromatic rings. The summed E-state index contributed by atoms with van der Waals surface area (Å²) in [4.78, 5) is 1.46. The maximum absolute atomic E-state index is 8.95. The number of para-hydroxylation sites is 1. The first-order valence-electron chi connectivity index (χ1n) is 8.90. The number of fused-ring (bicyclic) bond motifs is 3. The van der Waals surface area contributed by atoms with Crippen LogP contribution in [0.1, 0.15) is 53.7 Å². The predicted molar refractivity (Wildman–Crippen MR) is 102 cm³/mol. The van der Waals surface area contributed by atoms with E-state index in [9.17, 15) is 0 Å². The summed E-state index contributed by atoms with van der Waals surface area (Å²) < 4.78 is 6.58. The van der Waals surface area contributed by atoms with Gasteiger partial charge >= 0.3 is 0 Å². The van der Waals surface area contributed by atoms with Crippen LogP contribution in [-0.4, -0.2) is 6.10 Å². The Labute approximate surface area is 157 Å². The maximum Gasteiger partial charge on any atom is 0.145 e. The molecule has 0 bridgehead atoms. The number of anilines is 1. The number of thiophene rings is 1. The zero-order valence-electron chi connectivity index (χ0n) is 14.3. The van der Waals surface area contributed by atoms with Gasteiger partial charge in [0.1, 0.15) is 23.8 Å². The largest absolute Gasteiger partial charge is 0.365 e. The van der Waals surface area contributed by atoms with Crippen LogP contribution >= 0.6 is 11.3 Å². The molecule has 2 heterocycles. The molecule has 4 nitrogen and oxygen atoms in total. The molecule has 1 aromatic heterocycles. The van der Waals surface area contributed by atoms with Crippen LogP contribution < -0.4 is 5.32 Å². The van der Waals surface area contributed by atoms with Crippen LogP contribution in [0.2, 0.25) is 0 Å². The van der Waals surface area contributed by atoms with Crippen LogP contribution in [0, 0.1) is 22.7 Å². The van der Waals surface area contributed by atoms with E-state index in [1.807, 2.05) is 41.7 Å². The lowest BCUT2D eigenvalue weighted by Crippen LogP contribution is -2.32. The Morgan fingerprint density at radius 3 is 2.77 bits per heavy atom. The van der Waals surface area contributed by atoms with Crippen molar-refractivity contribution < 1.29 is 4.74 Å². The van der Waals surface area contributed by atoms with Crippen molar-refractivity contribution in [3.8, 4) is 12.1 Å². The minimum absolute atomic E-state index is 0.0490. The fourth-order valence-electron chi connectivity index (χ4n) is 3.99. The van der Waals surface area contributed by atoms with Crippen molar-refractivity contribution in [2.75, 3.05) is 5.32 Å². The molecule has 130 valence electrons. The van der Waals surface area contributed by atoms with Crippen LogP contribution in [0.15, 0.2) is 47.5 Å². The molecule has 0 radical (unpaired) electrons. The molecular weight excluding hydrogens is 342 g/mol. The summed E-state index contributed by atoms with van der Waals surface area (Å²) in [5.41, 5.74) is 3.22. The maximum atomic E-state index is 8.95. The fourth-order valence-corrected chi connectivity index (χ4v) is 5.11. The number of nitriles is 2. The summed E-state index contributed by atoms with van der Waals surface area (Å²) in [6.07, 6.45) is 6.45. The Morgan fingerprint density at radius 2 is 1.92 bits per heavy atom. The molecule has 1 N–H and O–H groups in total. The molecule has 0 spiro atoms. The van der Waals surface area contributed by atoms with Crippen LogP contribution in [0.3, 0.4) is 0 Å². The smallest absolute Gasteiger partial charge is 0.145 e. The molecule has 3 atom stereocenters. The zero-order chi connectivity index (χ0) is 17.9. The van der Waals surface area contributed by atoms with Gasteiger partial charge in [-0.2, -0.15) is 10.5 Å². The minimum atomic E-state index is -0.111. The summed E-state index contributed by atoms with van der Waals surface area (Å²) in [6.45, 7) is 0. The SMILES string of the molecule is N#CC(C#N)=CNc1ccccc1C1OC2CCCCC2c2sccc21. The highest BCUT2D eigenvalue weighted by molar-refractivity contribution is 7.10. The molecule has 5 heteroatoms. The Balaban J connectivity index is 1.71. The van der Waals surface area contributed by atoms with Crippen molar-refractivity contribution in [1.29, 1.82) is 10.5 Å². The molecular formula is C21H19N3OS. The van der Waals surface area contributed by atoms with Crippen molar-refractivity contribution in [2.24, 2.45) is 0 Å². The lowest BCUT2D eigenvalue weighted by molar-refractivity contribution is -0.0371. The van der Waals surface area contributed by atoms with Gasteiger partial charge in [-0.15, -0.1) is 11.3 Å². The quantitative estimate of drug-likeness (QED) is 0.759. The number of allylic oxidation sites excluding steroid dienone is 1. The molecule has 1 aliphatic carbocycles. The van der Waals surface area contributed by atoms with E-state index in [0.717, 1.165) is 17.7 Å². The van der Waals surface area contributed by atoms with Gasteiger partial charge in [-0.3, -0.25) is 0 Å². The number of ether oxygens (including phenoxy) is 1. The van der Waals surface area contributed by atoms with Crippen molar-refractivity contribution in [3.63, 3.8) is 0 Å². The van der Waals surface area contributed by atoms with E-state index in [1.54, 1.807) is 0 Å². The topological polar surface area (TPSA) is 68.8 Å². The molecule has 1 aliphatic heterocycles. The highest BCUT2D eigenvalue weighted by atomic mass is 32.1. The number of nitrogens with one attached hydrogen (secondary N) is 1. The first-order chi connectivity index (χ1) is 12.8. The lowest BCUT2D eigenvalue weighted by atomic mass is 9.80. The first-order valence-corrected chi connectivity index (χ1v) is 9.78. The minimum Gasteiger partial charge on any atom is -0.365 e. The zero-order valence-corrected chi connectivity index (χ0v) is 15.1. The summed E-state index contributed by atoms with van der Waals surface area (Å²) in [6, 6.07) is 13.9. The Hall–Kier alpha value is -2.60. The third-order valence-electron chi connectivity index (χ3n) is 5.22. The van der Waals surface area contributed by atoms with Gasteiger partial charge < -0.3 is 10.1 Å². The molecule has 1 aromatic carbocycles. The van der Waals surface area contributed by atoms with E-state index in [1.165, 1.54) is 35.9 Å². The normalized spacial score (nSPS) is 23.7. The monoisotopic (exact) mass is 361 g/mol. The van der Waals surface area contributed by atoms with Crippen molar-refractivity contribution >= 4 is 17.0 Å². The fraction of sp³-hybridized carbons (Fsp3) is 0.333. The molecule has 0 saturated heterocycles. The first kappa shape index (κ1) is 16.8. The van der Waals surface area contributed by atoms with E-state index in [-0.39, 0.29) is 17.8 Å². The highest BCUT2D eigenvalue weighted by Gasteiger charge is 2.39. The number of hydrogen-bond donors (Lipinski definition) is 1. The lowest BCUT2D eigenvalue weighted by Gasteiger charge is -2.40. The second-order valence-electron chi connectivity index (χ2n) is 6.70. The summed E-state index contributed by atoms with van der Waals surface area (Å²) in [5, 5.41) is 23.2. The van der Waals surface area contributed by atoms with Crippen LogP contribution in [-0.2, 0) is 4.74 Å². The standard InChI is InChI=1S/C21H19N3OS/c22-11-14(12-23)13-24-18-7-3-1-5-15(18)20-17-9-10-26-21(17)16-6-2-4-8-19(16)25-20/h1,3,5,7,9-10,13,16,19-20,24H,2,4,6,8H2. The average Bonchev–Trinajstić information content (AvgIpc) is 3.19. The number of nitrogens with zero attached hydrogens (tertiary/aromatic N) is 2. The summed E-state index contributed by atoms with van der Waals surface area (Å²) >= 11 is 1.84. The van der Waals surface area contributed by atoms with E-state index in [4.69, 9.17) is 15.3 Å². The molecule has 0 amide bonds. The van der Waals surface area contributed by atoms with E-state index >= 15 is 0 Å². The third kappa shape index (κ3) is 3.01. The number of hydrogen-bond acceptors (Lipinski definition) is 5. The highest BCUT2D eigenvalue weighted by Crippen LogP contribution is 2.49. The third-order valence-corrected chi connectivity index (χ3v) is 6.28. The Morgan fingerprint density at radius 1 is 1.12 bits per heavy atom. The van der Waals surface area contributed by atoms with Gasteiger partial charge in [0.05, 0.1) is 6.10 Å². The summed E-state index contributed by atoms with van der Waals surface area (Å²) in [7, 11) is 0. The van der Waals surface area contributed by atoms with E-state index < -0.39 is 0 Å². The van der Waals surface area contributed by atoms with Crippen molar-refractivity contribution in [3.05, 3.63) is 63.5 Å². The average molecular weight is 361 g/mol. The predicted octanol–water partition coefficient (Wildman–Crippen LogP) is 5.24. The van der Waals surface area contributed by atoms with E-state index in [2.05, 4.69) is 22.8 Å². The number of rotatable bonds is 3. The molecule has 26 heavy (non-hydrogen) atoms. The van der Waals surface area contributed by atoms with Gasteiger partial charge in [-0.05, 0) is 35.9 Å². The van der Waals surface area contributed by atoms with Gasteiger partial charge in [-0.1, -0.05) is 31.0 Å². The van der Waals surface area contributed by atoms with Crippen molar-refractivity contribution in [2.45, 2.75) is 43.8 Å². The molecule has 4 rings (SSSR count). The molecule has 1 saturated carbocycles. The number of benzene rings is 1. The van der Waals surface area contributed by atoms with Gasteiger partial charge in [0.25, 0.3) is 0 Å². The second kappa shape index (κ2) is 7.33. The van der Waals surface area contributed by atoms with Gasteiger partial charge in [0, 0.05) is 28.2 Å². The second-order valence-corrected chi connectivity index (χ2v) is 7.65. The molecule has 3 unspecified atom stereocenters. The van der Waals surface area contributed by atoms with Gasteiger partial charge in [0.15, 0.2) is 0 Å². The van der Waals surface area contributed by atoms with E-state index in [0.29, 0.717) is 5.92 Å². The molecule has 1 fully saturated rings. The Bertz CT molecular complexity index is 902. The van der Waals surface area contributed by atoms with Crippen LogP contribution in [0.25, 0.3) is 0 Å². The van der Waals surface area contributed by atoms with Gasteiger partial charge in [0.2, 0.25) is 0 Å². The summed E-state index contributed by atoms with van der Waals surface area (Å²) in [5.74, 6) is 0.527. The van der Waals surface area contributed by atoms with Crippen molar-refractivity contribution in [1.82, 2.24) is 0 Å². The van der Waals surface area contributed by atoms with Crippen LogP contribution in [0.4, 0.5) is 5.69 Å². The van der Waals surface area contributed by atoms with Gasteiger partial charge in [-0.25, -0.2) is 0 Å². The molecule has 2 aliphatic rings. The Kier molecular flexibility index (Phi) is 4.75. The van der Waals surface area contributed by atoms with Crippen LogP contribution in [0.5, 0.6) is 0 Å².